The maximum absolute atomic E-state index is 11.3. The number of aryl methyl sites for hydroxylation is 2. The van der Waals surface area contributed by atoms with Gasteiger partial charge in [-0.15, -0.1) is 0 Å². The highest BCUT2D eigenvalue weighted by Gasteiger charge is 2.47. The molecule has 0 saturated heterocycles. The Balaban J connectivity index is 2.49. The van der Waals surface area contributed by atoms with Crippen LogP contribution in [0.2, 0.25) is 0 Å². The van der Waals surface area contributed by atoms with Crippen LogP contribution in [-0.4, -0.2) is 5.11 Å². The molecule has 0 atom stereocenters. The number of hydrogen-bond acceptors (Lipinski definition) is 1. The Kier molecular flexibility index (Phi) is 3.33. The summed E-state index contributed by atoms with van der Waals surface area (Å²) >= 11 is 0. The molecule has 0 radical (unpaired) electrons. The molecule has 1 fully saturated rings. The van der Waals surface area contributed by atoms with Crippen LogP contribution < -0.4 is 0 Å². The van der Waals surface area contributed by atoms with Crippen molar-refractivity contribution in [3.63, 3.8) is 0 Å². The van der Waals surface area contributed by atoms with Gasteiger partial charge in [-0.05, 0) is 55.1 Å². The minimum absolute atomic E-state index is 0.187. The molecular formula is C18H28O. The van der Waals surface area contributed by atoms with E-state index in [0.717, 1.165) is 18.4 Å². The topological polar surface area (TPSA) is 20.2 Å². The van der Waals surface area contributed by atoms with E-state index in [1.165, 1.54) is 17.5 Å². The SMILES string of the molecule is Cc1ccc(C)c(C2(O)CC(C)(C)CC(C)(C)C2)c1. The van der Waals surface area contributed by atoms with Crippen molar-refractivity contribution >= 4 is 0 Å². The number of rotatable bonds is 1. The predicted octanol–water partition coefficient (Wildman–Crippen LogP) is 4.73. The summed E-state index contributed by atoms with van der Waals surface area (Å²) in [6, 6.07) is 6.44. The molecule has 1 heteroatoms. The van der Waals surface area contributed by atoms with Crippen LogP contribution in [0.4, 0.5) is 0 Å². The lowest BCUT2D eigenvalue weighted by Gasteiger charge is -2.50. The van der Waals surface area contributed by atoms with Crippen molar-refractivity contribution in [1.29, 1.82) is 0 Å². The van der Waals surface area contributed by atoms with E-state index in [0.29, 0.717) is 0 Å². The summed E-state index contributed by atoms with van der Waals surface area (Å²) in [7, 11) is 0. The molecule has 0 aromatic heterocycles. The van der Waals surface area contributed by atoms with Gasteiger partial charge in [0.2, 0.25) is 0 Å². The number of benzene rings is 1. The van der Waals surface area contributed by atoms with Crippen LogP contribution >= 0.6 is 0 Å². The molecule has 106 valence electrons. The van der Waals surface area contributed by atoms with E-state index in [1.54, 1.807) is 0 Å². The van der Waals surface area contributed by atoms with Crippen LogP contribution in [0.3, 0.4) is 0 Å². The second-order valence-electron chi connectivity index (χ2n) is 8.21. The highest BCUT2D eigenvalue weighted by Crippen LogP contribution is 2.54. The Labute approximate surface area is 118 Å². The quantitative estimate of drug-likeness (QED) is 0.774. The van der Waals surface area contributed by atoms with Crippen molar-refractivity contribution in [3.05, 3.63) is 34.9 Å². The zero-order valence-corrected chi connectivity index (χ0v) is 13.3. The zero-order chi connectivity index (χ0) is 14.5. The van der Waals surface area contributed by atoms with Gasteiger partial charge < -0.3 is 5.11 Å². The fourth-order valence-electron chi connectivity index (χ4n) is 4.49. The lowest BCUT2D eigenvalue weighted by molar-refractivity contribution is -0.0916. The van der Waals surface area contributed by atoms with E-state index in [9.17, 15) is 5.11 Å². The molecule has 19 heavy (non-hydrogen) atoms. The smallest absolute Gasteiger partial charge is 0.0909 e. The van der Waals surface area contributed by atoms with Crippen LogP contribution in [0.5, 0.6) is 0 Å². The standard InChI is InChI=1S/C18H28O/c1-13-7-8-14(2)15(9-13)18(19)11-16(3,4)10-17(5,6)12-18/h7-9,19H,10-12H2,1-6H3. The van der Waals surface area contributed by atoms with Crippen molar-refractivity contribution in [2.75, 3.05) is 0 Å². The van der Waals surface area contributed by atoms with Gasteiger partial charge in [0.15, 0.2) is 0 Å². The fraction of sp³-hybridized carbons (Fsp3) is 0.667. The summed E-state index contributed by atoms with van der Waals surface area (Å²) in [6.45, 7) is 13.3. The van der Waals surface area contributed by atoms with Crippen LogP contribution in [0, 0.1) is 24.7 Å². The molecule has 0 aliphatic heterocycles. The van der Waals surface area contributed by atoms with E-state index < -0.39 is 5.60 Å². The Morgan fingerprint density at radius 2 is 1.42 bits per heavy atom. The largest absolute Gasteiger partial charge is 0.385 e. The van der Waals surface area contributed by atoms with Crippen molar-refractivity contribution in [2.45, 2.75) is 66.4 Å². The maximum atomic E-state index is 11.3. The highest BCUT2D eigenvalue weighted by atomic mass is 16.3. The van der Waals surface area contributed by atoms with Crippen LogP contribution in [0.1, 0.15) is 63.6 Å². The van der Waals surface area contributed by atoms with E-state index >= 15 is 0 Å². The van der Waals surface area contributed by atoms with Crippen molar-refractivity contribution in [1.82, 2.24) is 0 Å². The van der Waals surface area contributed by atoms with Gasteiger partial charge in [0.1, 0.15) is 0 Å². The third kappa shape index (κ3) is 3.02. The van der Waals surface area contributed by atoms with Gasteiger partial charge in [0, 0.05) is 0 Å². The van der Waals surface area contributed by atoms with Gasteiger partial charge in [-0.2, -0.15) is 0 Å². The lowest BCUT2D eigenvalue weighted by Crippen LogP contribution is -2.44. The van der Waals surface area contributed by atoms with Gasteiger partial charge in [-0.1, -0.05) is 51.5 Å². The first kappa shape index (κ1) is 14.6. The number of aliphatic hydroxyl groups is 1. The third-order valence-corrected chi connectivity index (χ3v) is 4.39. The molecule has 2 rings (SSSR count). The molecular weight excluding hydrogens is 232 g/mol. The van der Waals surface area contributed by atoms with Gasteiger partial charge in [0.05, 0.1) is 5.60 Å². The van der Waals surface area contributed by atoms with Crippen molar-refractivity contribution in [2.24, 2.45) is 10.8 Å². The van der Waals surface area contributed by atoms with Gasteiger partial charge in [-0.25, -0.2) is 0 Å². The van der Waals surface area contributed by atoms with Crippen LogP contribution in [0.15, 0.2) is 18.2 Å². The summed E-state index contributed by atoms with van der Waals surface area (Å²) in [5.41, 5.74) is 3.27. The van der Waals surface area contributed by atoms with Crippen LogP contribution in [0.25, 0.3) is 0 Å². The molecule has 1 nitrogen and oxygen atoms in total. The first-order valence-corrected chi connectivity index (χ1v) is 7.33. The average molecular weight is 260 g/mol. The second kappa shape index (κ2) is 4.34. The van der Waals surface area contributed by atoms with E-state index in [1.807, 2.05) is 0 Å². The molecule has 1 aliphatic carbocycles. The summed E-state index contributed by atoms with van der Waals surface area (Å²) in [4.78, 5) is 0. The Morgan fingerprint density at radius 1 is 0.895 bits per heavy atom. The molecule has 1 N–H and O–H groups in total. The molecule has 0 bridgehead atoms. The Hall–Kier alpha value is -0.820. The fourth-order valence-corrected chi connectivity index (χ4v) is 4.49. The van der Waals surface area contributed by atoms with E-state index in [2.05, 4.69) is 59.7 Å². The summed E-state index contributed by atoms with van der Waals surface area (Å²) in [5.74, 6) is 0. The summed E-state index contributed by atoms with van der Waals surface area (Å²) in [5, 5.41) is 11.3. The first-order chi connectivity index (χ1) is 8.53. The molecule has 0 unspecified atom stereocenters. The Bertz CT molecular complexity index is 466. The molecule has 1 aromatic carbocycles. The Morgan fingerprint density at radius 3 is 1.95 bits per heavy atom. The summed E-state index contributed by atoms with van der Waals surface area (Å²) < 4.78 is 0. The zero-order valence-electron chi connectivity index (χ0n) is 13.3. The van der Waals surface area contributed by atoms with Crippen molar-refractivity contribution in [3.8, 4) is 0 Å². The van der Waals surface area contributed by atoms with Crippen LogP contribution in [-0.2, 0) is 5.60 Å². The minimum Gasteiger partial charge on any atom is -0.385 e. The molecule has 0 heterocycles. The van der Waals surface area contributed by atoms with Gasteiger partial charge in [-0.3, -0.25) is 0 Å². The highest BCUT2D eigenvalue weighted by molar-refractivity contribution is 5.36. The molecule has 1 aliphatic rings. The lowest BCUT2D eigenvalue weighted by atomic mass is 9.58. The molecule has 0 amide bonds. The monoisotopic (exact) mass is 260 g/mol. The first-order valence-electron chi connectivity index (χ1n) is 7.33. The predicted molar refractivity (Wildman–Crippen MR) is 81.2 cm³/mol. The van der Waals surface area contributed by atoms with E-state index in [4.69, 9.17) is 0 Å². The summed E-state index contributed by atoms with van der Waals surface area (Å²) in [6.07, 6.45) is 2.88. The molecule has 1 saturated carbocycles. The van der Waals surface area contributed by atoms with E-state index in [-0.39, 0.29) is 10.8 Å². The normalized spacial score (nSPS) is 24.2. The third-order valence-electron chi connectivity index (χ3n) is 4.39. The minimum atomic E-state index is -0.679. The average Bonchev–Trinajstić information content (AvgIpc) is 2.16. The second-order valence-corrected chi connectivity index (χ2v) is 8.21. The molecule has 1 aromatic rings. The molecule has 0 spiro atoms. The van der Waals surface area contributed by atoms with Crippen molar-refractivity contribution < 1.29 is 5.11 Å². The number of hydrogen-bond donors (Lipinski definition) is 1. The maximum Gasteiger partial charge on any atom is 0.0909 e. The van der Waals surface area contributed by atoms with Gasteiger partial charge >= 0.3 is 0 Å². The van der Waals surface area contributed by atoms with Gasteiger partial charge in [0.25, 0.3) is 0 Å².